The van der Waals surface area contributed by atoms with E-state index in [2.05, 4.69) is 27.8 Å². The van der Waals surface area contributed by atoms with E-state index < -0.39 is 35.6 Å². The number of nitrogens with zero attached hydrogens (tertiary/aromatic N) is 1. The SMILES string of the molecule is CC1=NC(/C=C(\C)[C@@H]2C/C=C(/CC3NCCN3)CCCC(C)C(O)[C@@H](C)C(=O)C(C)(C)[C@@H](O)CC(=O)O2)CS1. The Labute approximate surface area is 238 Å². The lowest BCUT2D eigenvalue weighted by molar-refractivity contribution is -0.154. The van der Waals surface area contributed by atoms with Crippen LogP contribution in [0.25, 0.3) is 0 Å². The summed E-state index contributed by atoms with van der Waals surface area (Å²) in [5, 5.41) is 30.0. The number of esters is 1. The third-order valence-corrected chi connectivity index (χ3v) is 9.57. The standard InChI is InChI=1S/C30H49N3O5S/c1-18-8-7-9-22(15-26-31-12-13-32-26)10-11-24(19(2)14-23-17-39-21(4)33-23)38-27(35)16-25(34)30(5,6)29(37)20(3)28(18)36/h10,14,18,20,23-26,28,31-32,34,36H,7-9,11-13,15-17H2,1-6H3/b19-14+,22-10+/t18?,20-,23?,24+,25+,28?/m1/s1. The minimum Gasteiger partial charge on any atom is -0.457 e. The molecule has 0 spiro atoms. The summed E-state index contributed by atoms with van der Waals surface area (Å²) in [5.74, 6) is -0.620. The molecule has 8 nitrogen and oxygen atoms in total. The first-order valence-corrected chi connectivity index (χ1v) is 15.5. The molecule has 0 saturated carbocycles. The van der Waals surface area contributed by atoms with Gasteiger partial charge in [-0.1, -0.05) is 45.4 Å². The molecule has 0 aromatic carbocycles. The number of thioether (sulfide) groups is 1. The van der Waals surface area contributed by atoms with E-state index in [1.807, 2.05) is 20.8 Å². The molecule has 9 heteroatoms. The summed E-state index contributed by atoms with van der Waals surface area (Å²) in [5.41, 5.74) is 1.02. The van der Waals surface area contributed by atoms with Crippen molar-refractivity contribution in [3.8, 4) is 0 Å². The van der Waals surface area contributed by atoms with Gasteiger partial charge in [0.1, 0.15) is 11.9 Å². The van der Waals surface area contributed by atoms with Crippen molar-refractivity contribution in [2.45, 2.75) is 111 Å². The molecule has 0 bridgehead atoms. The number of ether oxygens (including phenoxy) is 1. The van der Waals surface area contributed by atoms with Gasteiger partial charge < -0.3 is 25.6 Å². The van der Waals surface area contributed by atoms with E-state index in [4.69, 9.17) is 4.74 Å². The smallest absolute Gasteiger partial charge is 0.309 e. The van der Waals surface area contributed by atoms with Crippen LogP contribution in [0.2, 0.25) is 0 Å². The van der Waals surface area contributed by atoms with Gasteiger partial charge in [-0.05, 0) is 51.0 Å². The Balaban J connectivity index is 1.89. The van der Waals surface area contributed by atoms with E-state index in [1.54, 1.807) is 32.5 Å². The molecule has 1 saturated heterocycles. The van der Waals surface area contributed by atoms with Gasteiger partial charge in [0, 0.05) is 31.2 Å². The van der Waals surface area contributed by atoms with Gasteiger partial charge in [0.05, 0.1) is 41.3 Å². The van der Waals surface area contributed by atoms with Crippen LogP contribution in [-0.4, -0.2) is 76.4 Å². The van der Waals surface area contributed by atoms with Crippen molar-refractivity contribution < 1.29 is 24.5 Å². The van der Waals surface area contributed by atoms with Gasteiger partial charge in [-0.25, -0.2) is 0 Å². The van der Waals surface area contributed by atoms with Crippen LogP contribution in [0.15, 0.2) is 28.3 Å². The van der Waals surface area contributed by atoms with Crippen LogP contribution in [-0.2, 0) is 14.3 Å². The van der Waals surface area contributed by atoms with Crippen LogP contribution < -0.4 is 10.6 Å². The molecule has 0 radical (unpaired) electrons. The quantitative estimate of drug-likeness (QED) is 0.301. The lowest BCUT2D eigenvalue weighted by Gasteiger charge is -2.34. The molecule has 3 aliphatic rings. The molecule has 0 aliphatic carbocycles. The molecule has 220 valence electrons. The number of nitrogens with one attached hydrogen (secondary N) is 2. The second-order valence-electron chi connectivity index (χ2n) is 12.1. The second kappa shape index (κ2) is 14.4. The molecular formula is C30H49N3O5S. The van der Waals surface area contributed by atoms with Gasteiger partial charge in [-0.2, -0.15) is 0 Å². The van der Waals surface area contributed by atoms with Crippen LogP contribution in [0.4, 0.5) is 0 Å². The first kappa shape index (κ1) is 32.0. The van der Waals surface area contributed by atoms with Crippen molar-refractivity contribution in [1.82, 2.24) is 10.6 Å². The lowest BCUT2D eigenvalue weighted by atomic mass is 9.73. The summed E-state index contributed by atoms with van der Waals surface area (Å²) in [6.45, 7) is 12.9. The zero-order valence-corrected chi connectivity index (χ0v) is 25.4. The predicted octanol–water partition coefficient (Wildman–Crippen LogP) is 3.77. The van der Waals surface area contributed by atoms with Crippen LogP contribution >= 0.6 is 11.8 Å². The molecule has 0 amide bonds. The first-order chi connectivity index (χ1) is 18.4. The largest absolute Gasteiger partial charge is 0.457 e. The van der Waals surface area contributed by atoms with Crippen molar-refractivity contribution >= 4 is 28.6 Å². The molecule has 6 atom stereocenters. The van der Waals surface area contributed by atoms with E-state index in [0.29, 0.717) is 6.42 Å². The Morgan fingerprint density at radius 3 is 2.56 bits per heavy atom. The van der Waals surface area contributed by atoms with Crippen molar-refractivity contribution in [2.24, 2.45) is 22.2 Å². The van der Waals surface area contributed by atoms with Crippen LogP contribution in [0.5, 0.6) is 0 Å². The summed E-state index contributed by atoms with van der Waals surface area (Å²) < 4.78 is 5.97. The number of hydrogen-bond acceptors (Lipinski definition) is 9. The third-order valence-electron chi connectivity index (χ3n) is 8.54. The fraction of sp³-hybridized carbons (Fsp3) is 0.767. The number of carbonyl (C=O) groups excluding carboxylic acids is 2. The topological polar surface area (TPSA) is 120 Å². The Morgan fingerprint density at radius 2 is 1.92 bits per heavy atom. The number of hydrogen-bond donors (Lipinski definition) is 4. The fourth-order valence-electron chi connectivity index (χ4n) is 5.71. The van der Waals surface area contributed by atoms with E-state index >= 15 is 0 Å². The monoisotopic (exact) mass is 563 g/mol. The summed E-state index contributed by atoms with van der Waals surface area (Å²) in [4.78, 5) is 31.1. The molecule has 39 heavy (non-hydrogen) atoms. The number of aliphatic hydroxyl groups excluding tert-OH is 2. The summed E-state index contributed by atoms with van der Waals surface area (Å²) in [6, 6.07) is 0.0564. The Kier molecular flexibility index (Phi) is 11.8. The van der Waals surface area contributed by atoms with Gasteiger partial charge in [0.2, 0.25) is 0 Å². The lowest BCUT2D eigenvalue weighted by Crippen LogP contribution is -2.45. The maximum absolute atomic E-state index is 13.4. The highest BCUT2D eigenvalue weighted by Crippen LogP contribution is 2.33. The number of aliphatic hydroxyl groups is 2. The highest BCUT2D eigenvalue weighted by molar-refractivity contribution is 8.14. The minimum absolute atomic E-state index is 0.0564. The van der Waals surface area contributed by atoms with Gasteiger partial charge in [0.25, 0.3) is 0 Å². The minimum atomic E-state index is -1.22. The number of ketones is 1. The van der Waals surface area contributed by atoms with Crippen LogP contribution in [0.3, 0.4) is 0 Å². The van der Waals surface area contributed by atoms with E-state index in [9.17, 15) is 19.8 Å². The van der Waals surface area contributed by atoms with E-state index in [-0.39, 0.29) is 30.3 Å². The maximum atomic E-state index is 13.4. The molecule has 0 aromatic heterocycles. The molecule has 3 aliphatic heterocycles. The zero-order chi connectivity index (χ0) is 28.7. The molecular weight excluding hydrogens is 514 g/mol. The van der Waals surface area contributed by atoms with Crippen molar-refractivity contribution in [2.75, 3.05) is 18.8 Å². The fourth-order valence-corrected chi connectivity index (χ4v) is 6.50. The molecule has 3 heterocycles. The second-order valence-corrected chi connectivity index (χ2v) is 13.3. The van der Waals surface area contributed by atoms with Gasteiger partial charge in [0.15, 0.2) is 0 Å². The number of cyclic esters (lactones) is 1. The van der Waals surface area contributed by atoms with E-state index in [0.717, 1.165) is 55.1 Å². The summed E-state index contributed by atoms with van der Waals surface area (Å²) in [6.07, 6.45) is 5.64. The highest BCUT2D eigenvalue weighted by atomic mass is 32.2. The summed E-state index contributed by atoms with van der Waals surface area (Å²) >= 11 is 1.73. The molecule has 0 aromatic rings. The van der Waals surface area contributed by atoms with Gasteiger partial charge in [-0.3, -0.25) is 14.6 Å². The van der Waals surface area contributed by atoms with Gasteiger partial charge >= 0.3 is 5.97 Å². The number of aliphatic imine (C=N–C) groups is 1. The van der Waals surface area contributed by atoms with Crippen molar-refractivity contribution in [3.63, 3.8) is 0 Å². The van der Waals surface area contributed by atoms with Gasteiger partial charge in [-0.15, -0.1) is 11.8 Å². The normalized spacial score (nSPS) is 35.8. The average molecular weight is 564 g/mol. The maximum Gasteiger partial charge on any atom is 0.309 e. The molecule has 4 N–H and O–H groups in total. The number of rotatable bonds is 4. The number of Topliss-reactive ketones (excluding diaryl/α,β-unsaturated/α-hetero) is 1. The molecule has 1 fully saturated rings. The van der Waals surface area contributed by atoms with E-state index in [1.165, 1.54) is 5.57 Å². The Bertz CT molecular complexity index is 956. The number of carbonyl (C=O) groups is 2. The predicted molar refractivity (Wildman–Crippen MR) is 158 cm³/mol. The third kappa shape index (κ3) is 8.98. The van der Waals surface area contributed by atoms with Crippen molar-refractivity contribution in [1.29, 1.82) is 0 Å². The van der Waals surface area contributed by atoms with Crippen LogP contribution in [0, 0.1) is 17.3 Å². The zero-order valence-electron chi connectivity index (χ0n) is 24.5. The summed E-state index contributed by atoms with van der Waals surface area (Å²) in [7, 11) is 0. The molecule has 3 unspecified atom stereocenters. The Morgan fingerprint density at radius 1 is 1.23 bits per heavy atom. The Hall–Kier alpha value is -1.52. The average Bonchev–Trinajstić information content (AvgIpc) is 3.55. The molecule has 3 rings (SSSR count). The van der Waals surface area contributed by atoms with Crippen molar-refractivity contribution in [3.05, 3.63) is 23.3 Å². The van der Waals surface area contributed by atoms with Crippen LogP contribution in [0.1, 0.15) is 80.1 Å². The highest BCUT2D eigenvalue weighted by Gasteiger charge is 2.42. The first-order valence-electron chi connectivity index (χ1n) is 14.5.